The van der Waals surface area contributed by atoms with Crippen LogP contribution >= 0.6 is 11.8 Å². The van der Waals surface area contributed by atoms with Gasteiger partial charge in [0.15, 0.2) is 5.17 Å². The summed E-state index contributed by atoms with van der Waals surface area (Å²) in [6, 6.07) is 15.7. The highest BCUT2D eigenvalue weighted by molar-refractivity contribution is 8.15. The lowest BCUT2D eigenvalue weighted by Crippen LogP contribution is -2.31. The average molecular weight is 396 g/mol. The Kier molecular flexibility index (Phi) is 6.87. The zero-order valence-corrected chi connectivity index (χ0v) is 17.3. The molecule has 146 valence electrons. The minimum Gasteiger partial charge on any atom is -0.497 e. The molecule has 1 aliphatic heterocycles. The summed E-state index contributed by atoms with van der Waals surface area (Å²) in [5.74, 6) is 0.917. The molecule has 28 heavy (non-hydrogen) atoms. The number of nitrogens with zero attached hydrogens (tertiary/aromatic N) is 3. The lowest BCUT2D eigenvalue weighted by Gasteiger charge is -2.17. The first-order chi connectivity index (χ1) is 13.6. The van der Waals surface area contributed by atoms with Crippen LogP contribution in [0.2, 0.25) is 0 Å². The number of carbonyl (C=O) groups is 1. The number of carbonyl (C=O) groups excluding carboxylic acids is 1. The Hall–Kier alpha value is -2.60. The summed E-state index contributed by atoms with van der Waals surface area (Å²) in [4.78, 5) is 14.6. The molecule has 5 nitrogen and oxygen atoms in total. The molecule has 1 aliphatic rings. The summed E-state index contributed by atoms with van der Waals surface area (Å²) < 4.78 is 5.16. The summed E-state index contributed by atoms with van der Waals surface area (Å²) in [6.07, 6.45) is 3.50. The van der Waals surface area contributed by atoms with E-state index in [1.54, 1.807) is 18.2 Å². The molecule has 2 aromatic carbocycles. The second-order valence-corrected chi connectivity index (χ2v) is 7.82. The Morgan fingerprint density at radius 1 is 1.18 bits per heavy atom. The van der Waals surface area contributed by atoms with Gasteiger partial charge in [0.05, 0.1) is 25.1 Å². The highest BCUT2D eigenvalue weighted by Gasteiger charge is 2.37. The number of aryl methyl sites for hydroxylation is 1. The normalized spacial score (nSPS) is 18.4. The molecule has 0 bridgehead atoms. The molecule has 0 radical (unpaired) electrons. The van der Waals surface area contributed by atoms with Gasteiger partial charge in [-0.2, -0.15) is 5.10 Å². The van der Waals surface area contributed by atoms with Crippen molar-refractivity contribution >= 4 is 29.1 Å². The Labute approximate surface area is 170 Å². The number of hydrogen-bond donors (Lipinski definition) is 0. The maximum Gasteiger partial charge on any atom is 0.242 e. The average Bonchev–Trinajstić information content (AvgIpc) is 2.99. The van der Waals surface area contributed by atoms with E-state index in [0.29, 0.717) is 11.7 Å². The van der Waals surface area contributed by atoms with E-state index in [2.05, 4.69) is 36.2 Å². The Bertz CT molecular complexity index is 878. The molecule has 1 heterocycles. The van der Waals surface area contributed by atoms with Crippen LogP contribution in [0.25, 0.3) is 0 Å². The van der Waals surface area contributed by atoms with Gasteiger partial charge in [-0.05, 0) is 54.3 Å². The van der Waals surface area contributed by atoms with Crippen LogP contribution in [0.3, 0.4) is 0 Å². The summed E-state index contributed by atoms with van der Waals surface area (Å²) in [5.41, 5.74) is 3.22. The molecule has 1 atom stereocenters. The topological polar surface area (TPSA) is 54.3 Å². The first kappa shape index (κ1) is 20.1. The zero-order valence-electron chi connectivity index (χ0n) is 16.5. The van der Waals surface area contributed by atoms with Crippen LogP contribution in [0.15, 0.2) is 58.7 Å². The van der Waals surface area contributed by atoms with Gasteiger partial charge >= 0.3 is 0 Å². The Balaban J connectivity index is 1.80. The lowest BCUT2D eigenvalue weighted by atomic mass is 10.1. The summed E-state index contributed by atoms with van der Waals surface area (Å²) >= 11 is 1.51. The molecular formula is C22H25N3O2S. The van der Waals surface area contributed by atoms with Crippen LogP contribution in [-0.2, 0) is 11.3 Å². The number of methoxy groups -OCH3 is 1. The molecule has 0 aromatic heterocycles. The number of benzene rings is 2. The molecule has 0 aliphatic carbocycles. The molecule has 0 spiro atoms. The molecule has 1 saturated heterocycles. The van der Waals surface area contributed by atoms with Gasteiger partial charge < -0.3 is 4.74 Å². The fourth-order valence-electron chi connectivity index (χ4n) is 2.97. The Morgan fingerprint density at radius 2 is 1.93 bits per heavy atom. The maximum atomic E-state index is 12.9. The fraction of sp³-hybridized carbons (Fsp3) is 0.318. The van der Waals surface area contributed by atoms with Gasteiger partial charge in [0.1, 0.15) is 5.75 Å². The number of ether oxygens (including phenoxy) is 1. The number of amidine groups is 1. The number of thioether (sulfide) groups is 1. The third-order valence-corrected chi connectivity index (χ3v) is 5.86. The van der Waals surface area contributed by atoms with Gasteiger partial charge in [-0.1, -0.05) is 49.4 Å². The monoisotopic (exact) mass is 395 g/mol. The second-order valence-electron chi connectivity index (χ2n) is 6.65. The van der Waals surface area contributed by atoms with E-state index in [1.807, 2.05) is 36.4 Å². The van der Waals surface area contributed by atoms with E-state index < -0.39 is 0 Å². The predicted octanol–water partition coefficient (Wildman–Crippen LogP) is 4.64. The van der Waals surface area contributed by atoms with Crippen LogP contribution in [0.5, 0.6) is 5.75 Å². The molecule has 1 amide bonds. The van der Waals surface area contributed by atoms with E-state index in [1.165, 1.54) is 17.3 Å². The minimum atomic E-state index is -0.0797. The molecule has 0 unspecified atom stereocenters. The zero-order chi connectivity index (χ0) is 19.9. The van der Waals surface area contributed by atoms with Crippen molar-refractivity contribution in [1.82, 2.24) is 4.90 Å². The number of amides is 1. The van der Waals surface area contributed by atoms with Gasteiger partial charge in [-0.3, -0.25) is 9.69 Å². The van der Waals surface area contributed by atoms with Crippen molar-refractivity contribution in [3.8, 4) is 5.75 Å². The summed E-state index contributed by atoms with van der Waals surface area (Å²) in [6.45, 7) is 4.68. The predicted molar refractivity (Wildman–Crippen MR) is 116 cm³/mol. The third-order valence-electron chi connectivity index (χ3n) is 4.63. The van der Waals surface area contributed by atoms with Crippen molar-refractivity contribution < 1.29 is 9.53 Å². The quantitative estimate of drug-likeness (QED) is 0.507. The van der Waals surface area contributed by atoms with Crippen molar-refractivity contribution in [3.63, 3.8) is 0 Å². The third kappa shape index (κ3) is 4.81. The fourth-order valence-corrected chi connectivity index (χ4v) is 4.18. The molecule has 6 heteroatoms. The van der Waals surface area contributed by atoms with E-state index in [4.69, 9.17) is 4.74 Å². The van der Waals surface area contributed by atoms with Crippen molar-refractivity contribution in [3.05, 3.63) is 65.2 Å². The van der Waals surface area contributed by atoms with Crippen LogP contribution < -0.4 is 4.74 Å². The van der Waals surface area contributed by atoms with Crippen molar-refractivity contribution in [2.45, 2.75) is 38.5 Å². The first-order valence-corrected chi connectivity index (χ1v) is 10.3. The van der Waals surface area contributed by atoms with Gasteiger partial charge in [0, 0.05) is 0 Å². The van der Waals surface area contributed by atoms with E-state index in [0.717, 1.165) is 29.7 Å². The van der Waals surface area contributed by atoms with E-state index in [9.17, 15) is 4.79 Å². The van der Waals surface area contributed by atoms with E-state index >= 15 is 0 Å². The number of rotatable bonds is 7. The van der Waals surface area contributed by atoms with Crippen molar-refractivity contribution in [2.75, 3.05) is 7.11 Å². The van der Waals surface area contributed by atoms with Crippen molar-refractivity contribution in [1.29, 1.82) is 0 Å². The molecular weight excluding hydrogens is 370 g/mol. The summed E-state index contributed by atoms with van der Waals surface area (Å²) in [5, 5.41) is 9.19. The van der Waals surface area contributed by atoms with Gasteiger partial charge in [-0.25, -0.2) is 0 Å². The highest BCUT2D eigenvalue weighted by atomic mass is 32.2. The van der Waals surface area contributed by atoms with Crippen LogP contribution in [-0.4, -0.2) is 34.5 Å². The first-order valence-electron chi connectivity index (χ1n) is 9.40. The van der Waals surface area contributed by atoms with Crippen LogP contribution in [0.4, 0.5) is 0 Å². The molecule has 3 rings (SSSR count). The molecule has 1 fully saturated rings. The highest BCUT2D eigenvalue weighted by Crippen LogP contribution is 2.32. The number of hydrogen-bond acceptors (Lipinski definition) is 5. The van der Waals surface area contributed by atoms with Crippen molar-refractivity contribution in [2.24, 2.45) is 10.2 Å². The molecule has 0 saturated carbocycles. The Morgan fingerprint density at radius 3 is 2.61 bits per heavy atom. The largest absolute Gasteiger partial charge is 0.497 e. The van der Waals surface area contributed by atoms with Crippen LogP contribution in [0, 0.1) is 6.92 Å². The van der Waals surface area contributed by atoms with Gasteiger partial charge in [-0.15, -0.1) is 5.10 Å². The SMILES string of the molecule is CCC[C@@H]1S/C(=N/N=C\c2ccc(OC)cc2)N(Cc2ccccc2C)C1=O. The maximum absolute atomic E-state index is 12.9. The lowest BCUT2D eigenvalue weighted by molar-refractivity contribution is -0.126. The summed E-state index contributed by atoms with van der Waals surface area (Å²) in [7, 11) is 1.64. The van der Waals surface area contributed by atoms with Gasteiger partial charge in [0.2, 0.25) is 5.91 Å². The smallest absolute Gasteiger partial charge is 0.242 e. The standard InChI is InChI=1S/C22H25N3O2S/c1-4-7-20-21(26)25(15-18-9-6-5-8-16(18)2)22(28-20)24-23-14-17-10-12-19(27-3)13-11-17/h5-6,8-14,20H,4,7,15H2,1-3H3/b23-14-,24-22+/t20-/m0/s1. The second kappa shape index (κ2) is 9.55. The van der Waals surface area contributed by atoms with Gasteiger partial charge in [0.25, 0.3) is 0 Å². The minimum absolute atomic E-state index is 0.0797. The van der Waals surface area contributed by atoms with E-state index in [-0.39, 0.29) is 11.2 Å². The molecule has 2 aromatic rings. The van der Waals surface area contributed by atoms with Crippen LogP contribution in [0.1, 0.15) is 36.5 Å². The molecule has 0 N–H and O–H groups in total.